The molecule has 0 amide bonds. The van der Waals surface area contributed by atoms with Gasteiger partial charge in [0, 0.05) is 25.1 Å². The van der Waals surface area contributed by atoms with E-state index < -0.39 is 27.6 Å². The molecular weight excluding hydrogens is 370 g/mol. The van der Waals surface area contributed by atoms with E-state index in [1.165, 1.54) is 32.0 Å². The Hall–Kier alpha value is -2.06. The van der Waals surface area contributed by atoms with E-state index in [0.29, 0.717) is 11.4 Å². The van der Waals surface area contributed by atoms with Crippen LogP contribution in [0.4, 0.5) is 5.69 Å². The first-order valence-electron chi connectivity index (χ1n) is 7.51. The summed E-state index contributed by atoms with van der Waals surface area (Å²) in [6.45, 7) is 4.61. The number of benzene rings is 1. The normalized spacial score (nSPS) is 16.9. The van der Waals surface area contributed by atoms with Gasteiger partial charge in [0.15, 0.2) is 15.4 Å². The van der Waals surface area contributed by atoms with Crippen molar-refractivity contribution in [3.63, 3.8) is 0 Å². The molecule has 136 valence electrons. The van der Waals surface area contributed by atoms with Crippen LogP contribution in [0.3, 0.4) is 0 Å². The largest absolute Gasteiger partial charge is 0.419 e. The maximum atomic E-state index is 12.3. The standard InChI is InChI=1S/C16H18ClNO6S/c1-4-7-25(21,22)13-6-5-10(17)8-12(13)18-9-11-14(19)23-16(2,3)24-15(11)20/h5-6,8-9,18H,4,7H2,1-3H3. The van der Waals surface area contributed by atoms with Gasteiger partial charge in [0.2, 0.25) is 0 Å². The van der Waals surface area contributed by atoms with Crippen LogP contribution in [-0.2, 0) is 28.9 Å². The van der Waals surface area contributed by atoms with Gasteiger partial charge in [-0.05, 0) is 24.6 Å². The molecule has 1 aliphatic rings. The molecule has 0 aliphatic carbocycles. The van der Waals surface area contributed by atoms with E-state index in [4.69, 9.17) is 21.1 Å². The summed E-state index contributed by atoms with van der Waals surface area (Å²) in [6, 6.07) is 4.22. The van der Waals surface area contributed by atoms with Gasteiger partial charge in [0.05, 0.1) is 16.3 Å². The maximum absolute atomic E-state index is 12.3. The lowest BCUT2D eigenvalue weighted by Crippen LogP contribution is -2.42. The van der Waals surface area contributed by atoms with Crippen LogP contribution in [0.5, 0.6) is 0 Å². The van der Waals surface area contributed by atoms with Gasteiger partial charge in [-0.25, -0.2) is 18.0 Å². The third kappa shape index (κ3) is 4.52. The van der Waals surface area contributed by atoms with E-state index in [2.05, 4.69) is 5.32 Å². The van der Waals surface area contributed by atoms with Crippen molar-refractivity contribution in [2.45, 2.75) is 37.9 Å². The Morgan fingerprint density at radius 3 is 2.36 bits per heavy atom. The Balaban J connectivity index is 2.36. The highest BCUT2D eigenvalue weighted by Crippen LogP contribution is 2.28. The van der Waals surface area contributed by atoms with E-state index in [-0.39, 0.29) is 21.9 Å². The van der Waals surface area contributed by atoms with Crippen molar-refractivity contribution in [3.8, 4) is 0 Å². The average molecular weight is 388 g/mol. The molecule has 1 aromatic carbocycles. The van der Waals surface area contributed by atoms with E-state index >= 15 is 0 Å². The number of anilines is 1. The lowest BCUT2D eigenvalue weighted by Gasteiger charge is -2.29. The monoisotopic (exact) mass is 387 g/mol. The van der Waals surface area contributed by atoms with Crippen molar-refractivity contribution in [1.29, 1.82) is 0 Å². The molecule has 1 aliphatic heterocycles. The Bertz CT molecular complexity index is 822. The quantitative estimate of drug-likeness (QED) is 0.471. The summed E-state index contributed by atoms with van der Waals surface area (Å²) in [5.41, 5.74) is -0.225. The van der Waals surface area contributed by atoms with Gasteiger partial charge < -0.3 is 14.8 Å². The molecule has 1 heterocycles. The second-order valence-corrected chi connectivity index (χ2v) is 8.35. The Morgan fingerprint density at radius 1 is 1.20 bits per heavy atom. The second-order valence-electron chi connectivity index (χ2n) is 5.84. The zero-order valence-corrected chi connectivity index (χ0v) is 15.5. The van der Waals surface area contributed by atoms with Crippen LogP contribution < -0.4 is 5.32 Å². The number of halogens is 1. The SMILES string of the molecule is CCCS(=O)(=O)c1ccc(Cl)cc1NC=C1C(=O)OC(C)(C)OC1=O. The number of cyclic esters (lactones) is 2. The Kier molecular flexibility index (Phi) is 5.43. The fourth-order valence-electron chi connectivity index (χ4n) is 2.19. The van der Waals surface area contributed by atoms with Crippen LogP contribution in [0.15, 0.2) is 34.9 Å². The summed E-state index contributed by atoms with van der Waals surface area (Å²) in [4.78, 5) is 23.9. The van der Waals surface area contributed by atoms with Crippen LogP contribution >= 0.6 is 11.6 Å². The zero-order chi connectivity index (χ0) is 18.8. The van der Waals surface area contributed by atoms with Crippen LogP contribution in [0.25, 0.3) is 0 Å². The molecular formula is C16H18ClNO6S. The molecule has 0 bridgehead atoms. The van der Waals surface area contributed by atoms with Crippen LogP contribution in [-0.4, -0.2) is 31.9 Å². The van der Waals surface area contributed by atoms with Gasteiger partial charge in [-0.1, -0.05) is 18.5 Å². The number of nitrogens with one attached hydrogen (secondary N) is 1. The lowest BCUT2D eigenvalue weighted by atomic mass is 10.2. The molecule has 0 aromatic heterocycles. The lowest BCUT2D eigenvalue weighted by molar-refractivity contribution is -0.222. The zero-order valence-electron chi connectivity index (χ0n) is 14.0. The van der Waals surface area contributed by atoms with Gasteiger partial charge in [-0.2, -0.15) is 0 Å². The number of hydrogen-bond acceptors (Lipinski definition) is 7. The minimum absolute atomic E-state index is 0.0217. The van der Waals surface area contributed by atoms with E-state index in [0.717, 1.165) is 6.20 Å². The number of sulfone groups is 1. The molecule has 0 spiro atoms. The second kappa shape index (κ2) is 7.05. The fraction of sp³-hybridized carbons (Fsp3) is 0.375. The van der Waals surface area contributed by atoms with E-state index in [1.54, 1.807) is 6.92 Å². The average Bonchev–Trinajstić information content (AvgIpc) is 2.44. The molecule has 1 fully saturated rings. The molecule has 0 atom stereocenters. The minimum atomic E-state index is -3.54. The van der Waals surface area contributed by atoms with Gasteiger partial charge in [0.1, 0.15) is 0 Å². The molecule has 9 heteroatoms. The number of carbonyl (C=O) groups is 2. The number of ether oxygens (including phenoxy) is 2. The highest BCUT2D eigenvalue weighted by Gasteiger charge is 2.39. The van der Waals surface area contributed by atoms with Gasteiger partial charge >= 0.3 is 11.9 Å². The molecule has 0 radical (unpaired) electrons. The van der Waals surface area contributed by atoms with Crippen LogP contribution in [0.2, 0.25) is 5.02 Å². The highest BCUT2D eigenvalue weighted by molar-refractivity contribution is 7.91. The molecule has 1 saturated heterocycles. The van der Waals surface area contributed by atoms with E-state index in [9.17, 15) is 18.0 Å². The molecule has 7 nitrogen and oxygen atoms in total. The predicted octanol–water partition coefficient (Wildman–Crippen LogP) is 2.66. The third-order valence-electron chi connectivity index (χ3n) is 3.24. The Labute approximate surface area is 150 Å². The number of rotatable bonds is 5. The maximum Gasteiger partial charge on any atom is 0.350 e. The number of carbonyl (C=O) groups excluding carboxylic acids is 2. The summed E-state index contributed by atoms with van der Waals surface area (Å²) in [6.07, 6.45) is 1.50. The number of hydrogen-bond donors (Lipinski definition) is 1. The first-order chi connectivity index (χ1) is 11.6. The van der Waals surface area contributed by atoms with Gasteiger partial charge in [-0.3, -0.25) is 0 Å². The first kappa shape index (κ1) is 19.3. The molecule has 1 N–H and O–H groups in total. The molecule has 0 saturated carbocycles. The van der Waals surface area contributed by atoms with Crippen molar-refractivity contribution in [2.24, 2.45) is 0 Å². The Morgan fingerprint density at radius 2 is 1.80 bits per heavy atom. The van der Waals surface area contributed by atoms with Gasteiger partial charge in [0.25, 0.3) is 5.79 Å². The predicted molar refractivity (Wildman–Crippen MR) is 91.8 cm³/mol. The van der Waals surface area contributed by atoms with Crippen molar-refractivity contribution in [2.75, 3.05) is 11.1 Å². The summed E-state index contributed by atoms with van der Waals surface area (Å²) in [5.74, 6) is -3.13. The fourth-order valence-corrected chi connectivity index (χ4v) is 3.85. The molecule has 0 unspecified atom stereocenters. The first-order valence-corrected chi connectivity index (χ1v) is 9.54. The highest BCUT2D eigenvalue weighted by atomic mass is 35.5. The summed E-state index contributed by atoms with van der Waals surface area (Å²) >= 11 is 5.92. The molecule has 1 aromatic rings. The molecule has 25 heavy (non-hydrogen) atoms. The number of esters is 2. The van der Waals surface area contributed by atoms with Crippen molar-refractivity contribution in [3.05, 3.63) is 35.0 Å². The molecule has 2 rings (SSSR count). The smallest absolute Gasteiger partial charge is 0.350 e. The third-order valence-corrected chi connectivity index (χ3v) is 5.45. The van der Waals surface area contributed by atoms with Crippen molar-refractivity contribution < 1.29 is 27.5 Å². The van der Waals surface area contributed by atoms with Crippen LogP contribution in [0.1, 0.15) is 27.2 Å². The summed E-state index contributed by atoms with van der Waals surface area (Å²) < 4.78 is 34.6. The van der Waals surface area contributed by atoms with Crippen molar-refractivity contribution >= 4 is 39.1 Å². The van der Waals surface area contributed by atoms with Gasteiger partial charge in [-0.15, -0.1) is 0 Å². The topological polar surface area (TPSA) is 98.8 Å². The van der Waals surface area contributed by atoms with Crippen molar-refractivity contribution in [1.82, 2.24) is 0 Å². The summed E-state index contributed by atoms with van der Waals surface area (Å²) in [7, 11) is -3.54. The van der Waals surface area contributed by atoms with E-state index in [1.807, 2.05) is 0 Å². The summed E-state index contributed by atoms with van der Waals surface area (Å²) in [5, 5.41) is 2.95. The van der Waals surface area contributed by atoms with Crippen LogP contribution in [0, 0.1) is 0 Å². The minimum Gasteiger partial charge on any atom is -0.419 e.